The molecule has 8 aliphatic heterocycles. The van der Waals surface area contributed by atoms with Crippen molar-refractivity contribution in [3.63, 3.8) is 0 Å². The highest BCUT2D eigenvalue weighted by molar-refractivity contribution is 14.1. The van der Waals surface area contributed by atoms with E-state index in [9.17, 15) is 49.1 Å². The fourth-order valence-corrected chi connectivity index (χ4v) is 26.7. The lowest BCUT2D eigenvalue weighted by Crippen LogP contribution is -2.50. The molecule has 0 bridgehead atoms. The van der Waals surface area contributed by atoms with E-state index in [0.29, 0.717) is 93.3 Å². The van der Waals surface area contributed by atoms with Gasteiger partial charge in [0.1, 0.15) is 69.0 Å². The lowest BCUT2D eigenvalue weighted by molar-refractivity contribution is -0.144. The number of anilines is 4. The molecule has 146 heavy (non-hydrogen) atoms. The molecule has 0 radical (unpaired) electrons. The molecule has 6 atom stereocenters. The first-order valence-electron chi connectivity index (χ1n) is 50.4. The van der Waals surface area contributed by atoms with E-state index in [2.05, 4.69) is 87.7 Å². The second-order valence-electron chi connectivity index (χ2n) is 39.8. The number of hydrogen-bond acceptors (Lipinski definition) is 30. The van der Waals surface area contributed by atoms with Gasteiger partial charge >= 0.3 is 30.7 Å². The SMILES string of the molecule is NC1CCCC12CCN(c1cnc3c(n1)CN=C3Sc1cccnc1C(F)(F)F)CC2.N[C@@H]1CCCC12CCN(c1cnc3c(n1)CN=C3Sc1cccnc1C(F)(F)F)CC2.O=C(NC1CCCC12CCN(c1cnc3c(I)nn(C4CCCCO4)c3n1)CC2)OCc1ccccc1.O=C(NC1CCCC12CCN(c1cnc3c(Sc4cccnc4C(F)(F)F)nn(C4CCCCO4)c3n1)CC2)OCc1ccccc1. The molecular formula is C102H115F9IN25O6S3. The third kappa shape index (κ3) is 22.7. The van der Waals surface area contributed by atoms with Crippen molar-refractivity contribution in [2.45, 2.75) is 268 Å². The summed E-state index contributed by atoms with van der Waals surface area (Å²) in [4.78, 5) is 91.7. The smallest absolute Gasteiger partial charge is 0.434 e. The molecule has 2 aromatic carbocycles. The second-order valence-corrected chi connectivity index (χ2v) is 43.9. The molecule has 6 N–H and O–H groups in total. The Morgan fingerprint density at radius 3 is 1.16 bits per heavy atom. The maximum atomic E-state index is 13.7. The summed E-state index contributed by atoms with van der Waals surface area (Å²) in [7, 11) is 0. The standard InChI is InChI=1S/C33H36F3N7O3S.C27H33IN6O3.2C21H23F3N6S/c34-33(35,36)28-23(10-7-16-37-28)47-30-27-29(43(41-30)26-12-4-5-19-45-26)40-25(20-38-27)42-17-14-32(15-18-42)13-6-11-24(32)39-31(44)46-21-22-8-2-1-3-9-22;28-24-23-25(34(32-24)22-10-4-5-16-36-22)31-21(17-29-23)33-14-12-27(13-15-33)11-6-9-20(27)30-26(35)37-18-19-7-2-1-3-8-19;2*22-21(23,24)18-14(3-2-8-26-18)31-19-17-13(11-28-19)29-16(12-27-17)30-9-6-20(7-10-30)5-1-4-15(20)25/h1-3,7-10,16,20,24,26H,4-6,11-15,17-19,21H2,(H,39,44);1-3,7-8,17,20,22H,4-6,9-16,18H2,(H,30,35);2*2-3,8,12,15H,1,4-7,9-11,25H2/t;;15-;/m..1./s1. The van der Waals surface area contributed by atoms with Gasteiger partial charge in [-0.1, -0.05) is 122 Å². The van der Waals surface area contributed by atoms with Crippen LogP contribution in [0.25, 0.3) is 22.3 Å². The molecule has 10 fully saturated rings. The van der Waals surface area contributed by atoms with Gasteiger partial charge in [-0.25, -0.2) is 58.8 Å². The van der Waals surface area contributed by atoms with Gasteiger partial charge < -0.3 is 60.6 Å². The summed E-state index contributed by atoms with van der Waals surface area (Å²) >= 11 is 5.00. The highest BCUT2D eigenvalue weighted by atomic mass is 127. The molecule has 17 heterocycles. The number of piperidine rings is 4. The van der Waals surface area contributed by atoms with Crippen LogP contribution in [0, 0.1) is 25.4 Å². The number of aromatic nitrogens is 15. The summed E-state index contributed by atoms with van der Waals surface area (Å²) in [5.41, 5.74) is 17.6. The first kappa shape index (κ1) is 102. The lowest BCUT2D eigenvalue weighted by atomic mass is 9.74. The van der Waals surface area contributed by atoms with Crippen molar-refractivity contribution in [2.75, 3.05) is 85.2 Å². The summed E-state index contributed by atoms with van der Waals surface area (Å²) in [6.07, 6.45) is 22.8. The number of nitrogens with zero attached hydrogens (tertiary/aromatic N) is 21. The monoisotopic (exact) mass is 2180 g/mol. The molecule has 4 saturated carbocycles. The molecular weight excluding hydrogens is 2070 g/mol. The van der Waals surface area contributed by atoms with Crippen LogP contribution in [0.1, 0.15) is 230 Å². The van der Waals surface area contributed by atoms with E-state index < -0.39 is 35.6 Å². The number of nitrogens with one attached hydrogen (secondary N) is 2. The zero-order chi connectivity index (χ0) is 101. The van der Waals surface area contributed by atoms with E-state index in [1.807, 2.05) is 71.5 Å². The molecule has 2 amide bonds. The molecule has 44 heteroatoms. The molecule has 12 aliphatic rings. The van der Waals surface area contributed by atoms with E-state index in [-0.39, 0.29) is 79.7 Å². The average molecular weight is 2180 g/mol. The Kier molecular flexibility index (Phi) is 31.0. The van der Waals surface area contributed by atoms with Crippen molar-refractivity contribution in [3.05, 3.63) is 195 Å². The number of alkyl halides is 9. The van der Waals surface area contributed by atoms with Gasteiger partial charge in [-0.3, -0.25) is 24.9 Å². The van der Waals surface area contributed by atoms with Crippen LogP contribution in [0.2, 0.25) is 0 Å². The summed E-state index contributed by atoms with van der Waals surface area (Å²) in [6, 6.07) is 28.9. The minimum atomic E-state index is -4.60. The molecule has 31 nitrogen and oxygen atoms in total. The Bertz CT molecular complexity index is 6350. The number of benzene rings is 2. The van der Waals surface area contributed by atoms with Crippen LogP contribution in [-0.2, 0) is 63.8 Å². The highest BCUT2D eigenvalue weighted by Gasteiger charge is 2.51. The minimum Gasteiger partial charge on any atom is -0.445 e. The predicted molar refractivity (Wildman–Crippen MR) is 543 cm³/mol. The Balaban J connectivity index is 0.000000120. The Morgan fingerprint density at radius 1 is 0.411 bits per heavy atom. The number of aliphatic imine (C=N–C) groups is 2. The number of ether oxygens (including phenoxy) is 4. The molecule has 9 aromatic heterocycles. The number of thioether (sulfide) groups is 2. The lowest BCUT2D eigenvalue weighted by Gasteiger charge is -2.43. The van der Waals surface area contributed by atoms with Crippen molar-refractivity contribution in [1.29, 1.82) is 0 Å². The normalized spacial score (nSPS) is 22.4. The fraction of sp³-hybridized carbons (Fsp3) is 0.520. The van der Waals surface area contributed by atoms with Crippen molar-refractivity contribution in [1.82, 2.24) is 85.0 Å². The van der Waals surface area contributed by atoms with Gasteiger partial charge in [0.15, 0.2) is 49.6 Å². The van der Waals surface area contributed by atoms with Gasteiger partial charge in [-0.05, 0) is 233 Å². The van der Waals surface area contributed by atoms with Gasteiger partial charge in [0.25, 0.3) is 0 Å². The highest BCUT2D eigenvalue weighted by Crippen LogP contribution is 2.53. The molecule has 772 valence electrons. The molecule has 6 saturated heterocycles. The maximum Gasteiger partial charge on any atom is 0.434 e. The molecule has 11 aromatic rings. The van der Waals surface area contributed by atoms with Crippen LogP contribution in [0.4, 0.5) is 72.4 Å². The quantitative estimate of drug-likeness (QED) is 0.0515. The van der Waals surface area contributed by atoms with E-state index in [1.54, 1.807) is 23.3 Å². The number of halogens is 10. The number of hydrogen-bond donors (Lipinski definition) is 4. The van der Waals surface area contributed by atoms with Crippen LogP contribution >= 0.6 is 57.9 Å². The number of pyridine rings is 3. The number of nitrogens with two attached hydrogens (primary N) is 2. The summed E-state index contributed by atoms with van der Waals surface area (Å²) in [5, 5.41) is 17.0. The van der Waals surface area contributed by atoms with Crippen LogP contribution < -0.4 is 41.7 Å². The molecule has 23 rings (SSSR count). The first-order valence-corrected chi connectivity index (χ1v) is 53.9. The van der Waals surface area contributed by atoms with Crippen molar-refractivity contribution in [2.24, 2.45) is 43.1 Å². The maximum absolute atomic E-state index is 13.7. The number of rotatable bonds is 16. The summed E-state index contributed by atoms with van der Waals surface area (Å²) in [6.45, 7) is 9.35. The summed E-state index contributed by atoms with van der Waals surface area (Å²) < 4.78 is 148. The molecule has 5 unspecified atom stereocenters. The number of carbonyl (C=O) groups excluding carboxylic acids is 2. The Hall–Kier alpha value is -10.8. The van der Waals surface area contributed by atoms with Gasteiger partial charge in [0, 0.05) is 123 Å². The Morgan fingerprint density at radius 2 is 0.774 bits per heavy atom. The zero-order valence-electron chi connectivity index (χ0n) is 80.5. The number of alkyl carbamates (subject to hydrolysis) is 2. The van der Waals surface area contributed by atoms with E-state index >= 15 is 0 Å². The first-order chi connectivity index (χ1) is 70.6. The summed E-state index contributed by atoms with van der Waals surface area (Å²) in [5.74, 6) is 3.18. The Labute approximate surface area is 864 Å². The van der Waals surface area contributed by atoms with E-state index in [4.69, 9.17) is 70.5 Å². The average Bonchev–Trinajstić information content (AvgIpc) is 1.61. The van der Waals surface area contributed by atoms with Gasteiger partial charge in [-0.2, -0.15) is 49.7 Å². The van der Waals surface area contributed by atoms with Crippen LogP contribution in [0.15, 0.2) is 170 Å². The third-order valence-corrected chi connectivity index (χ3v) is 35.1. The van der Waals surface area contributed by atoms with Crippen LogP contribution in [0.3, 0.4) is 0 Å². The number of carbonyl (C=O) groups is 2. The van der Waals surface area contributed by atoms with Crippen LogP contribution in [0.5, 0.6) is 0 Å². The van der Waals surface area contributed by atoms with Gasteiger partial charge in [0.05, 0.1) is 49.3 Å². The van der Waals surface area contributed by atoms with E-state index in [0.717, 1.165) is 298 Å². The predicted octanol–water partition coefficient (Wildman–Crippen LogP) is 20.4. The van der Waals surface area contributed by atoms with Crippen molar-refractivity contribution < 1.29 is 68.1 Å². The topological polar surface area (TPSA) is 362 Å². The van der Waals surface area contributed by atoms with Gasteiger partial charge in [0.2, 0.25) is 0 Å². The van der Waals surface area contributed by atoms with E-state index in [1.165, 1.54) is 62.1 Å². The largest absolute Gasteiger partial charge is 0.445 e. The second kappa shape index (κ2) is 44.2. The molecule has 4 aliphatic carbocycles. The number of amides is 2. The minimum absolute atomic E-state index is 0.0127. The van der Waals surface area contributed by atoms with Crippen molar-refractivity contribution >= 4 is 126 Å². The third-order valence-electron chi connectivity index (χ3n) is 31.2. The number of fused-ring (bicyclic) bond motifs is 4. The van der Waals surface area contributed by atoms with Crippen LogP contribution in [-0.4, -0.2) is 186 Å². The fourth-order valence-electron chi connectivity index (χ4n) is 23.1. The zero-order valence-corrected chi connectivity index (χ0v) is 85.1. The van der Waals surface area contributed by atoms with Crippen molar-refractivity contribution in [3.8, 4) is 0 Å². The molecule has 4 spiro atoms. The van der Waals surface area contributed by atoms with Gasteiger partial charge in [-0.15, -0.1) is 0 Å².